The third-order valence-corrected chi connectivity index (χ3v) is 6.76. The first-order valence-electron chi connectivity index (χ1n) is 12.2. The van der Waals surface area contributed by atoms with Crippen LogP contribution in [0.5, 0.6) is 0 Å². The van der Waals surface area contributed by atoms with Crippen LogP contribution in [-0.4, -0.2) is 26.9 Å². The van der Waals surface area contributed by atoms with Crippen molar-refractivity contribution in [3.63, 3.8) is 0 Å². The molecule has 0 spiro atoms. The number of fused-ring (bicyclic) bond motifs is 1. The molecule has 0 saturated heterocycles. The summed E-state index contributed by atoms with van der Waals surface area (Å²) in [6, 6.07) is 24.0. The van der Waals surface area contributed by atoms with E-state index in [1.165, 1.54) is 0 Å². The molecule has 35 heavy (non-hydrogen) atoms. The molecule has 1 unspecified atom stereocenters. The SMILES string of the molecule is CCCCCN(C(=O)c1ccccc1)C(CC)c1nc2ccccc2c(=O)n1-c1ccc(Br)cc1. The number of unbranched alkanes of at least 4 members (excludes halogenated alkanes) is 2. The van der Waals surface area contributed by atoms with Crippen molar-refractivity contribution in [2.24, 2.45) is 0 Å². The third kappa shape index (κ3) is 5.38. The summed E-state index contributed by atoms with van der Waals surface area (Å²) in [6.07, 6.45) is 3.61. The number of hydrogen-bond donors (Lipinski definition) is 0. The zero-order valence-electron chi connectivity index (χ0n) is 20.2. The highest BCUT2D eigenvalue weighted by atomic mass is 79.9. The maximum Gasteiger partial charge on any atom is 0.266 e. The Labute approximate surface area is 214 Å². The summed E-state index contributed by atoms with van der Waals surface area (Å²) in [7, 11) is 0. The second-order valence-electron chi connectivity index (χ2n) is 8.60. The molecule has 0 aliphatic rings. The number of carbonyl (C=O) groups is 1. The maximum absolute atomic E-state index is 13.8. The minimum absolute atomic E-state index is 0.0432. The lowest BCUT2D eigenvalue weighted by atomic mass is 10.1. The second-order valence-corrected chi connectivity index (χ2v) is 9.52. The lowest BCUT2D eigenvalue weighted by Gasteiger charge is -2.32. The first kappa shape index (κ1) is 24.9. The minimum atomic E-state index is -0.361. The lowest BCUT2D eigenvalue weighted by Crippen LogP contribution is -2.39. The van der Waals surface area contributed by atoms with E-state index in [1.54, 1.807) is 10.6 Å². The average molecular weight is 532 g/mol. The van der Waals surface area contributed by atoms with Crippen molar-refractivity contribution in [2.75, 3.05) is 6.54 Å². The van der Waals surface area contributed by atoms with E-state index in [1.807, 2.05) is 84.6 Å². The summed E-state index contributed by atoms with van der Waals surface area (Å²) in [5.41, 5.74) is 1.87. The number of benzene rings is 3. The van der Waals surface area contributed by atoms with Crippen LogP contribution < -0.4 is 5.56 Å². The predicted octanol–water partition coefficient (Wildman–Crippen LogP) is 6.93. The van der Waals surface area contributed by atoms with Gasteiger partial charge in [0.05, 0.1) is 22.6 Å². The number of amides is 1. The molecule has 0 bridgehead atoms. The van der Waals surface area contributed by atoms with Gasteiger partial charge in [0.15, 0.2) is 0 Å². The fraction of sp³-hybridized carbons (Fsp3) is 0.276. The number of nitrogens with zero attached hydrogens (tertiary/aromatic N) is 3. The molecule has 1 amide bonds. The van der Waals surface area contributed by atoms with Gasteiger partial charge in [-0.15, -0.1) is 0 Å². The molecule has 6 heteroatoms. The van der Waals surface area contributed by atoms with Gasteiger partial charge < -0.3 is 4.90 Å². The molecule has 0 fully saturated rings. The molecule has 1 heterocycles. The number of halogens is 1. The largest absolute Gasteiger partial charge is 0.328 e. The Kier molecular flexibility index (Phi) is 8.13. The van der Waals surface area contributed by atoms with Crippen molar-refractivity contribution in [1.29, 1.82) is 0 Å². The van der Waals surface area contributed by atoms with Crippen molar-refractivity contribution in [3.05, 3.63) is 105 Å². The molecule has 0 saturated carbocycles. The van der Waals surface area contributed by atoms with Gasteiger partial charge in [0, 0.05) is 16.6 Å². The van der Waals surface area contributed by atoms with Gasteiger partial charge in [-0.3, -0.25) is 14.2 Å². The molecular weight excluding hydrogens is 502 g/mol. The van der Waals surface area contributed by atoms with Crippen LogP contribution >= 0.6 is 15.9 Å². The Bertz CT molecular complexity index is 1350. The second kappa shape index (κ2) is 11.5. The maximum atomic E-state index is 13.8. The molecule has 0 aliphatic heterocycles. The summed E-state index contributed by atoms with van der Waals surface area (Å²) < 4.78 is 2.60. The molecule has 0 radical (unpaired) electrons. The smallest absolute Gasteiger partial charge is 0.266 e. The summed E-state index contributed by atoms with van der Waals surface area (Å²) in [4.78, 5) is 34.4. The fourth-order valence-corrected chi connectivity index (χ4v) is 4.70. The topological polar surface area (TPSA) is 55.2 Å². The normalized spacial score (nSPS) is 12.0. The Hall–Kier alpha value is -3.25. The molecule has 0 N–H and O–H groups in total. The lowest BCUT2D eigenvalue weighted by molar-refractivity contribution is 0.0655. The van der Waals surface area contributed by atoms with Crippen molar-refractivity contribution < 1.29 is 4.79 Å². The Morgan fingerprint density at radius 3 is 2.31 bits per heavy atom. The molecule has 4 rings (SSSR count). The monoisotopic (exact) mass is 531 g/mol. The highest BCUT2D eigenvalue weighted by Crippen LogP contribution is 2.28. The van der Waals surface area contributed by atoms with Crippen LogP contribution in [0, 0.1) is 0 Å². The van der Waals surface area contributed by atoms with E-state index >= 15 is 0 Å². The van der Waals surface area contributed by atoms with E-state index in [-0.39, 0.29) is 17.5 Å². The highest BCUT2D eigenvalue weighted by molar-refractivity contribution is 9.10. The van der Waals surface area contributed by atoms with Crippen LogP contribution in [-0.2, 0) is 0 Å². The van der Waals surface area contributed by atoms with Crippen LogP contribution in [0.1, 0.15) is 61.8 Å². The van der Waals surface area contributed by atoms with E-state index in [9.17, 15) is 9.59 Å². The van der Waals surface area contributed by atoms with Gasteiger partial charge >= 0.3 is 0 Å². The zero-order chi connectivity index (χ0) is 24.8. The summed E-state index contributed by atoms with van der Waals surface area (Å²) >= 11 is 3.48. The van der Waals surface area contributed by atoms with Crippen molar-refractivity contribution in [3.8, 4) is 5.69 Å². The number of carbonyl (C=O) groups excluding carboxylic acids is 1. The Morgan fingerprint density at radius 1 is 0.943 bits per heavy atom. The summed E-state index contributed by atoms with van der Waals surface area (Å²) in [5, 5.41) is 0.556. The number of hydrogen-bond acceptors (Lipinski definition) is 3. The Morgan fingerprint density at radius 2 is 1.63 bits per heavy atom. The predicted molar refractivity (Wildman–Crippen MR) is 145 cm³/mol. The van der Waals surface area contributed by atoms with Gasteiger partial charge in [-0.05, 0) is 61.4 Å². The van der Waals surface area contributed by atoms with Crippen LogP contribution in [0.4, 0.5) is 0 Å². The van der Waals surface area contributed by atoms with Crippen LogP contribution in [0.25, 0.3) is 16.6 Å². The molecule has 1 atom stereocenters. The van der Waals surface area contributed by atoms with Gasteiger partial charge in [-0.1, -0.05) is 73.0 Å². The van der Waals surface area contributed by atoms with Crippen molar-refractivity contribution >= 4 is 32.7 Å². The fourth-order valence-electron chi connectivity index (χ4n) is 4.43. The first-order valence-corrected chi connectivity index (χ1v) is 13.0. The molecule has 1 aromatic heterocycles. The summed E-state index contributed by atoms with van der Waals surface area (Å²) in [6.45, 7) is 4.79. The number of para-hydroxylation sites is 1. The van der Waals surface area contributed by atoms with Gasteiger partial charge in [0.1, 0.15) is 5.82 Å². The number of rotatable bonds is 9. The average Bonchev–Trinajstić information content (AvgIpc) is 2.89. The molecule has 5 nitrogen and oxygen atoms in total. The standard InChI is InChI=1S/C29H30BrN3O2/c1-3-5-11-20-32(28(34)21-12-7-6-8-13-21)26(4-2)27-31-25-15-10-9-14-24(25)29(35)33(27)23-18-16-22(30)17-19-23/h6-10,12-19,26H,3-5,11,20H2,1-2H3. The molecular formula is C29H30BrN3O2. The zero-order valence-corrected chi connectivity index (χ0v) is 21.7. The van der Waals surface area contributed by atoms with Crippen molar-refractivity contribution in [1.82, 2.24) is 14.5 Å². The highest BCUT2D eigenvalue weighted by Gasteiger charge is 2.29. The van der Waals surface area contributed by atoms with Gasteiger partial charge in [0.2, 0.25) is 0 Å². The Balaban J connectivity index is 1.92. The molecule has 180 valence electrons. The van der Waals surface area contributed by atoms with Gasteiger partial charge in [0.25, 0.3) is 11.5 Å². The summed E-state index contributed by atoms with van der Waals surface area (Å²) in [5.74, 6) is 0.539. The number of aromatic nitrogens is 2. The van der Waals surface area contributed by atoms with Crippen LogP contribution in [0.15, 0.2) is 88.1 Å². The quantitative estimate of drug-likeness (QED) is 0.220. The van der Waals surface area contributed by atoms with E-state index in [0.29, 0.717) is 35.3 Å². The molecule has 3 aromatic carbocycles. The van der Waals surface area contributed by atoms with Crippen molar-refractivity contribution in [2.45, 2.75) is 45.6 Å². The first-order chi connectivity index (χ1) is 17.0. The van der Waals surface area contributed by atoms with Gasteiger partial charge in [-0.25, -0.2) is 4.98 Å². The molecule has 0 aliphatic carbocycles. The van der Waals surface area contributed by atoms with E-state index in [2.05, 4.69) is 22.9 Å². The van der Waals surface area contributed by atoms with E-state index < -0.39 is 0 Å². The molecule has 4 aromatic rings. The van der Waals surface area contributed by atoms with E-state index in [0.717, 1.165) is 29.4 Å². The third-order valence-electron chi connectivity index (χ3n) is 6.23. The van der Waals surface area contributed by atoms with Crippen LogP contribution in [0.2, 0.25) is 0 Å². The van der Waals surface area contributed by atoms with Gasteiger partial charge in [-0.2, -0.15) is 0 Å². The van der Waals surface area contributed by atoms with E-state index in [4.69, 9.17) is 4.98 Å². The van der Waals surface area contributed by atoms with Crippen LogP contribution in [0.3, 0.4) is 0 Å². The minimum Gasteiger partial charge on any atom is -0.328 e.